The zero-order valence-electron chi connectivity index (χ0n) is 10.3. The van der Waals surface area contributed by atoms with Crippen LogP contribution in [0.15, 0.2) is 18.2 Å². The molecule has 1 aromatic carbocycles. The molecule has 94 valence electrons. The number of nitrogens with one attached hydrogen (secondary N) is 1. The summed E-state index contributed by atoms with van der Waals surface area (Å²) in [6.45, 7) is 1.51. The lowest BCUT2D eigenvalue weighted by molar-refractivity contribution is -0.119. The van der Waals surface area contributed by atoms with E-state index < -0.39 is 0 Å². The van der Waals surface area contributed by atoms with Crippen LogP contribution in [0.5, 0.6) is 0 Å². The Morgan fingerprint density at radius 1 is 1.56 bits per heavy atom. The maximum Gasteiger partial charge on any atom is 0.240 e. The minimum Gasteiger partial charge on any atom is -0.399 e. The molecule has 2 rings (SSSR count). The highest BCUT2D eigenvalue weighted by Gasteiger charge is 2.18. The number of nitrogens with two attached hydrogens (primary N) is 1. The lowest BCUT2D eigenvalue weighted by Crippen LogP contribution is -2.39. The number of terminal acetylenes is 1. The molecule has 0 aliphatic carbocycles. The number of fused-ring (bicyclic) bond motifs is 1. The van der Waals surface area contributed by atoms with E-state index in [1.54, 1.807) is 0 Å². The first-order valence-electron chi connectivity index (χ1n) is 6.04. The van der Waals surface area contributed by atoms with E-state index in [4.69, 9.17) is 12.2 Å². The molecule has 1 aromatic rings. The van der Waals surface area contributed by atoms with Crippen molar-refractivity contribution >= 4 is 17.3 Å². The van der Waals surface area contributed by atoms with Gasteiger partial charge in [-0.3, -0.25) is 4.79 Å². The van der Waals surface area contributed by atoms with E-state index in [0.717, 1.165) is 30.8 Å². The second-order valence-corrected chi connectivity index (χ2v) is 4.39. The predicted molar refractivity (Wildman–Crippen MR) is 73.2 cm³/mol. The molecule has 1 aliphatic heterocycles. The Labute approximate surface area is 107 Å². The van der Waals surface area contributed by atoms with Crippen molar-refractivity contribution in [1.82, 2.24) is 5.32 Å². The number of anilines is 2. The highest BCUT2D eigenvalue weighted by molar-refractivity contribution is 5.82. The third kappa shape index (κ3) is 2.75. The van der Waals surface area contributed by atoms with Gasteiger partial charge in [-0.25, -0.2) is 0 Å². The predicted octanol–water partition coefficient (Wildman–Crippen LogP) is 0.771. The zero-order valence-corrected chi connectivity index (χ0v) is 10.3. The number of carbonyl (C=O) groups is 1. The second-order valence-electron chi connectivity index (χ2n) is 4.39. The number of hydrogen-bond acceptors (Lipinski definition) is 3. The van der Waals surface area contributed by atoms with Crippen LogP contribution in [-0.2, 0) is 11.2 Å². The van der Waals surface area contributed by atoms with E-state index in [1.165, 1.54) is 5.56 Å². The number of nitrogens with zero attached hydrogens (tertiary/aromatic N) is 1. The summed E-state index contributed by atoms with van der Waals surface area (Å²) in [6, 6.07) is 5.84. The first-order valence-corrected chi connectivity index (χ1v) is 6.04. The fourth-order valence-corrected chi connectivity index (χ4v) is 2.24. The number of hydrogen-bond donors (Lipinski definition) is 2. The van der Waals surface area contributed by atoms with Crippen molar-refractivity contribution in [3.63, 3.8) is 0 Å². The van der Waals surface area contributed by atoms with Crippen LogP contribution in [0.2, 0.25) is 0 Å². The fraction of sp³-hybridized carbons (Fsp3) is 0.357. The third-order valence-electron chi connectivity index (χ3n) is 3.04. The van der Waals surface area contributed by atoms with Gasteiger partial charge in [-0.2, -0.15) is 0 Å². The van der Waals surface area contributed by atoms with E-state index in [-0.39, 0.29) is 12.5 Å². The molecule has 0 unspecified atom stereocenters. The van der Waals surface area contributed by atoms with Crippen LogP contribution in [-0.4, -0.2) is 25.5 Å². The van der Waals surface area contributed by atoms with Crippen LogP contribution < -0.4 is 16.0 Å². The number of nitrogen functional groups attached to an aromatic ring is 1. The first kappa shape index (κ1) is 12.3. The van der Waals surface area contributed by atoms with Crippen molar-refractivity contribution in [1.29, 1.82) is 0 Å². The van der Waals surface area contributed by atoms with Gasteiger partial charge < -0.3 is 16.0 Å². The Morgan fingerprint density at radius 2 is 2.39 bits per heavy atom. The number of carbonyl (C=O) groups excluding carboxylic acids is 1. The Morgan fingerprint density at radius 3 is 3.17 bits per heavy atom. The summed E-state index contributed by atoms with van der Waals surface area (Å²) in [5.74, 6) is 2.35. The van der Waals surface area contributed by atoms with E-state index in [9.17, 15) is 4.79 Å². The van der Waals surface area contributed by atoms with Crippen molar-refractivity contribution in [3.8, 4) is 12.3 Å². The zero-order chi connectivity index (χ0) is 13.0. The largest absolute Gasteiger partial charge is 0.399 e. The van der Waals surface area contributed by atoms with Gasteiger partial charge in [-0.05, 0) is 36.6 Å². The van der Waals surface area contributed by atoms with Crippen LogP contribution in [0.25, 0.3) is 0 Å². The molecule has 0 aromatic heterocycles. The van der Waals surface area contributed by atoms with E-state index >= 15 is 0 Å². The van der Waals surface area contributed by atoms with Gasteiger partial charge in [0.1, 0.15) is 0 Å². The van der Waals surface area contributed by atoms with Gasteiger partial charge >= 0.3 is 0 Å². The van der Waals surface area contributed by atoms with Crippen LogP contribution in [0, 0.1) is 12.3 Å². The molecule has 0 bridgehead atoms. The lowest BCUT2D eigenvalue weighted by atomic mass is 10.0. The molecule has 1 aliphatic rings. The molecule has 4 heteroatoms. The van der Waals surface area contributed by atoms with Gasteiger partial charge in [0.2, 0.25) is 5.91 Å². The van der Waals surface area contributed by atoms with Gasteiger partial charge in [0, 0.05) is 17.9 Å². The number of benzene rings is 1. The minimum absolute atomic E-state index is 0.0439. The summed E-state index contributed by atoms with van der Waals surface area (Å²) in [4.78, 5) is 13.7. The first-order chi connectivity index (χ1) is 8.70. The molecule has 0 spiro atoms. The molecule has 0 atom stereocenters. The fourth-order valence-electron chi connectivity index (χ4n) is 2.24. The maximum atomic E-state index is 11.7. The Kier molecular flexibility index (Phi) is 3.73. The molecule has 0 saturated carbocycles. The van der Waals surface area contributed by atoms with Crippen molar-refractivity contribution in [2.45, 2.75) is 12.8 Å². The van der Waals surface area contributed by atoms with Crippen LogP contribution in [0.3, 0.4) is 0 Å². The minimum atomic E-state index is -0.0439. The molecule has 1 amide bonds. The third-order valence-corrected chi connectivity index (χ3v) is 3.04. The summed E-state index contributed by atoms with van der Waals surface area (Å²) >= 11 is 0. The summed E-state index contributed by atoms with van der Waals surface area (Å²) < 4.78 is 0. The number of amides is 1. The van der Waals surface area contributed by atoms with Crippen molar-refractivity contribution < 1.29 is 4.79 Å². The van der Waals surface area contributed by atoms with Gasteiger partial charge in [-0.1, -0.05) is 5.92 Å². The molecule has 3 N–H and O–H groups in total. The summed E-state index contributed by atoms with van der Waals surface area (Å²) in [6.07, 6.45) is 7.17. The molecular weight excluding hydrogens is 226 g/mol. The molecule has 0 fully saturated rings. The highest BCUT2D eigenvalue weighted by Crippen LogP contribution is 2.28. The average molecular weight is 243 g/mol. The number of rotatable bonds is 3. The Hall–Kier alpha value is -2.15. The Bertz CT molecular complexity index is 490. The molecule has 0 saturated heterocycles. The van der Waals surface area contributed by atoms with E-state index in [2.05, 4.69) is 16.1 Å². The average Bonchev–Trinajstić information content (AvgIpc) is 2.36. The molecule has 1 heterocycles. The second kappa shape index (κ2) is 5.46. The van der Waals surface area contributed by atoms with E-state index in [0.29, 0.717) is 6.54 Å². The summed E-state index contributed by atoms with van der Waals surface area (Å²) in [5.41, 5.74) is 8.86. The monoisotopic (exact) mass is 243 g/mol. The van der Waals surface area contributed by atoms with Gasteiger partial charge in [-0.15, -0.1) is 6.42 Å². The molecular formula is C14H17N3O. The highest BCUT2D eigenvalue weighted by atomic mass is 16.2. The van der Waals surface area contributed by atoms with Crippen LogP contribution >= 0.6 is 0 Å². The van der Waals surface area contributed by atoms with Crippen LogP contribution in [0.4, 0.5) is 11.4 Å². The van der Waals surface area contributed by atoms with Gasteiger partial charge in [0.05, 0.1) is 13.1 Å². The standard InChI is InChI=1S/C14H17N3O/c1-2-7-16-14(18)10-17-8-3-4-11-9-12(15)5-6-13(11)17/h1,5-6,9H,3-4,7-8,10,15H2,(H,16,18). The normalized spacial score (nSPS) is 13.6. The summed E-state index contributed by atoms with van der Waals surface area (Å²) in [7, 11) is 0. The van der Waals surface area contributed by atoms with Crippen molar-refractivity contribution in [3.05, 3.63) is 23.8 Å². The lowest BCUT2D eigenvalue weighted by Gasteiger charge is -2.30. The molecule has 4 nitrogen and oxygen atoms in total. The quantitative estimate of drug-likeness (QED) is 0.609. The van der Waals surface area contributed by atoms with Gasteiger partial charge in [0.15, 0.2) is 0 Å². The topological polar surface area (TPSA) is 58.4 Å². The SMILES string of the molecule is C#CCNC(=O)CN1CCCc2cc(N)ccc21. The van der Waals surface area contributed by atoms with Gasteiger partial charge in [0.25, 0.3) is 0 Å². The summed E-state index contributed by atoms with van der Waals surface area (Å²) in [5, 5.41) is 2.68. The van der Waals surface area contributed by atoms with Crippen molar-refractivity contribution in [2.75, 3.05) is 30.3 Å². The molecule has 18 heavy (non-hydrogen) atoms. The van der Waals surface area contributed by atoms with E-state index in [1.807, 2.05) is 18.2 Å². The Balaban J connectivity index is 2.08. The van der Waals surface area contributed by atoms with Crippen LogP contribution in [0.1, 0.15) is 12.0 Å². The van der Waals surface area contributed by atoms with Crippen molar-refractivity contribution in [2.24, 2.45) is 0 Å². The molecule has 0 radical (unpaired) electrons. The smallest absolute Gasteiger partial charge is 0.240 e. The number of aryl methyl sites for hydroxylation is 1. The maximum absolute atomic E-state index is 11.7.